The van der Waals surface area contributed by atoms with Crippen molar-refractivity contribution in [3.05, 3.63) is 34.0 Å². The Labute approximate surface area is 142 Å². The first kappa shape index (κ1) is 16.6. The average molecular weight is 334 g/mol. The molecule has 0 radical (unpaired) electrons. The van der Waals surface area contributed by atoms with Gasteiger partial charge in [0.25, 0.3) is 0 Å². The molecule has 23 heavy (non-hydrogen) atoms. The summed E-state index contributed by atoms with van der Waals surface area (Å²) < 4.78 is 2.26. The molecule has 5 nitrogen and oxygen atoms in total. The Morgan fingerprint density at radius 2 is 2.00 bits per heavy atom. The highest BCUT2D eigenvalue weighted by Gasteiger charge is 2.23. The van der Waals surface area contributed by atoms with Crippen molar-refractivity contribution in [3.8, 4) is 0 Å². The van der Waals surface area contributed by atoms with Crippen LogP contribution in [0.4, 0.5) is 0 Å². The fourth-order valence-electron chi connectivity index (χ4n) is 3.29. The van der Waals surface area contributed by atoms with E-state index in [4.69, 9.17) is 0 Å². The Bertz CT molecular complexity index is 599. The lowest BCUT2D eigenvalue weighted by Gasteiger charge is -2.37. The van der Waals surface area contributed by atoms with E-state index in [0.29, 0.717) is 6.04 Å². The van der Waals surface area contributed by atoms with Gasteiger partial charge in [0.05, 0.1) is 6.54 Å². The van der Waals surface area contributed by atoms with Crippen LogP contribution < -0.4 is 0 Å². The maximum absolute atomic E-state index is 4.38. The number of hydrogen-bond acceptors (Lipinski definition) is 5. The van der Waals surface area contributed by atoms with Crippen LogP contribution in [0.1, 0.15) is 43.5 Å². The van der Waals surface area contributed by atoms with Gasteiger partial charge in [0.2, 0.25) is 0 Å². The summed E-state index contributed by atoms with van der Waals surface area (Å²) in [6.07, 6.45) is 1.12. The highest BCUT2D eigenvalue weighted by atomic mass is 32.1. The second-order valence-corrected chi connectivity index (χ2v) is 7.14. The van der Waals surface area contributed by atoms with Crippen molar-refractivity contribution < 1.29 is 0 Å². The molecule has 1 saturated heterocycles. The summed E-state index contributed by atoms with van der Waals surface area (Å²) in [4.78, 5) is 5.09. The van der Waals surface area contributed by atoms with Crippen LogP contribution in [-0.2, 0) is 13.1 Å². The van der Waals surface area contributed by atoms with Gasteiger partial charge in [0.1, 0.15) is 11.6 Å². The van der Waals surface area contributed by atoms with E-state index in [1.54, 1.807) is 11.3 Å². The molecule has 6 heteroatoms. The van der Waals surface area contributed by atoms with E-state index in [1.807, 2.05) is 6.92 Å². The zero-order valence-corrected chi connectivity index (χ0v) is 15.2. The molecule has 0 aromatic carbocycles. The summed E-state index contributed by atoms with van der Waals surface area (Å²) in [5.74, 6) is 2.15. The molecule has 1 fully saturated rings. The van der Waals surface area contributed by atoms with E-state index in [1.165, 1.54) is 5.56 Å². The van der Waals surface area contributed by atoms with Crippen molar-refractivity contribution in [2.24, 2.45) is 0 Å². The first-order chi connectivity index (χ1) is 11.2. The third-order valence-corrected chi connectivity index (χ3v) is 5.51. The molecule has 0 spiro atoms. The van der Waals surface area contributed by atoms with Crippen LogP contribution in [0.5, 0.6) is 0 Å². The normalized spacial score (nSPS) is 18.4. The minimum atomic E-state index is 0.523. The number of nitrogens with zero attached hydrogens (tertiary/aromatic N) is 5. The molecule has 0 saturated carbocycles. The SMILES string of the molecule is CCCn1c(C)nnc1CN1CCN([C@H](C)c2ccsc2)CC1. The molecule has 3 heterocycles. The highest BCUT2D eigenvalue weighted by Crippen LogP contribution is 2.23. The van der Waals surface area contributed by atoms with E-state index < -0.39 is 0 Å². The van der Waals surface area contributed by atoms with E-state index >= 15 is 0 Å². The Morgan fingerprint density at radius 1 is 1.22 bits per heavy atom. The van der Waals surface area contributed by atoms with E-state index in [0.717, 1.165) is 57.3 Å². The fourth-order valence-corrected chi connectivity index (χ4v) is 4.04. The predicted molar refractivity (Wildman–Crippen MR) is 94.6 cm³/mol. The monoisotopic (exact) mass is 333 g/mol. The molecule has 3 rings (SSSR count). The van der Waals surface area contributed by atoms with Crippen molar-refractivity contribution in [1.82, 2.24) is 24.6 Å². The molecule has 0 N–H and O–H groups in total. The van der Waals surface area contributed by atoms with Gasteiger partial charge in [-0.25, -0.2) is 0 Å². The van der Waals surface area contributed by atoms with Crippen LogP contribution in [0.25, 0.3) is 0 Å². The van der Waals surface area contributed by atoms with E-state index in [2.05, 4.69) is 55.2 Å². The summed E-state index contributed by atoms with van der Waals surface area (Å²) in [6.45, 7) is 13.0. The highest BCUT2D eigenvalue weighted by molar-refractivity contribution is 7.07. The third-order valence-electron chi connectivity index (χ3n) is 4.80. The Morgan fingerprint density at radius 3 is 2.65 bits per heavy atom. The number of aromatic nitrogens is 3. The van der Waals surface area contributed by atoms with Crippen molar-refractivity contribution >= 4 is 11.3 Å². The topological polar surface area (TPSA) is 37.2 Å². The molecular weight excluding hydrogens is 306 g/mol. The maximum Gasteiger partial charge on any atom is 0.147 e. The maximum atomic E-state index is 4.38. The largest absolute Gasteiger partial charge is 0.314 e. The van der Waals surface area contributed by atoms with Crippen LogP contribution >= 0.6 is 11.3 Å². The lowest BCUT2D eigenvalue weighted by molar-refractivity contribution is 0.0954. The number of rotatable bonds is 6. The van der Waals surface area contributed by atoms with Crippen LogP contribution in [0.15, 0.2) is 16.8 Å². The summed E-state index contributed by atoms with van der Waals surface area (Å²) in [7, 11) is 0. The fraction of sp³-hybridized carbons (Fsp3) is 0.647. The number of piperazine rings is 1. The minimum absolute atomic E-state index is 0.523. The van der Waals surface area contributed by atoms with Gasteiger partial charge < -0.3 is 4.57 Å². The Balaban J connectivity index is 1.55. The van der Waals surface area contributed by atoms with Gasteiger partial charge >= 0.3 is 0 Å². The molecule has 2 aromatic heterocycles. The summed E-state index contributed by atoms with van der Waals surface area (Å²) >= 11 is 1.79. The van der Waals surface area contributed by atoms with Crippen molar-refractivity contribution in [1.29, 1.82) is 0 Å². The molecule has 0 aliphatic carbocycles. The lowest BCUT2D eigenvalue weighted by Crippen LogP contribution is -2.46. The predicted octanol–water partition coefficient (Wildman–Crippen LogP) is 2.94. The summed E-state index contributed by atoms with van der Waals surface area (Å²) in [5.41, 5.74) is 1.45. The van der Waals surface area contributed by atoms with Crippen LogP contribution in [0.2, 0.25) is 0 Å². The summed E-state index contributed by atoms with van der Waals surface area (Å²) in [6, 6.07) is 2.77. The zero-order chi connectivity index (χ0) is 16.2. The molecule has 0 amide bonds. The molecular formula is C17H27N5S. The van der Waals surface area contributed by atoms with Gasteiger partial charge in [-0.1, -0.05) is 6.92 Å². The molecule has 1 aliphatic heterocycles. The number of aryl methyl sites for hydroxylation is 1. The number of thiophene rings is 1. The first-order valence-corrected chi connectivity index (χ1v) is 9.50. The molecule has 1 atom stereocenters. The molecule has 0 unspecified atom stereocenters. The zero-order valence-electron chi connectivity index (χ0n) is 14.4. The average Bonchev–Trinajstić information content (AvgIpc) is 3.21. The van der Waals surface area contributed by atoms with Crippen molar-refractivity contribution in [3.63, 3.8) is 0 Å². The van der Waals surface area contributed by atoms with Crippen LogP contribution in [0, 0.1) is 6.92 Å². The van der Waals surface area contributed by atoms with Crippen LogP contribution in [0.3, 0.4) is 0 Å². The molecule has 1 aliphatic rings. The third kappa shape index (κ3) is 3.82. The van der Waals surface area contributed by atoms with Gasteiger partial charge in [-0.3, -0.25) is 9.80 Å². The van der Waals surface area contributed by atoms with Gasteiger partial charge in [-0.05, 0) is 42.7 Å². The number of hydrogen-bond donors (Lipinski definition) is 0. The second kappa shape index (κ2) is 7.55. The van der Waals surface area contributed by atoms with E-state index in [-0.39, 0.29) is 0 Å². The Hall–Kier alpha value is -1.24. The molecule has 2 aromatic rings. The first-order valence-electron chi connectivity index (χ1n) is 8.56. The van der Waals surface area contributed by atoms with Crippen molar-refractivity contribution in [2.75, 3.05) is 26.2 Å². The van der Waals surface area contributed by atoms with Crippen molar-refractivity contribution in [2.45, 2.75) is 46.3 Å². The minimum Gasteiger partial charge on any atom is -0.314 e. The summed E-state index contributed by atoms with van der Waals surface area (Å²) in [5, 5.41) is 13.1. The standard InChI is InChI=1S/C17H27N5S/c1-4-6-22-15(3)18-19-17(22)12-20-7-9-21(10-8-20)14(2)16-5-11-23-13-16/h5,11,13-14H,4,6-10,12H2,1-3H3/t14-/m1/s1. The molecule has 126 valence electrons. The smallest absolute Gasteiger partial charge is 0.147 e. The van der Waals surface area contributed by atoms with Gasteiger partial charge in [0, 0.05) is 38.8 Å². The second-order valence-electron chi connectivity index (χ2n) is 6.36. The van der Waals surface area contributed by atoms with Gasteiger partial charge in [-0.15, -0.1) is 10.2 Å². The van der Waals surface area contributed by atoms with Gasteiger partial charge in [0.15, 0.2) is 0 Å². The quantitative estimate of drug-likeness (QED) is 0.814. The van der Waals surface area contributed by atoms with Gasteiger partial charge in [-0.2, -0.15) is 11.3 Å². The van der Waals surface area contributed by atoms with E-state index in [9.17, 15) is 0 Å². The molecule has 0 bridgehead atoms. The van der Waals surface area contributed by atoms with Crippen LogP contribution in [-0.4, -0.2) is 50.7 Å². The Kier molecular flexibility index (Phi) is 5.46. The lowest BCUT2D eigenvalue weighted by atomic mass is 10.1.